The van der Waals surface area contributed by atoms with E-state index in [1.165, 1.54) is 5.56 Å². The Balaban J connectivity index is 0.00000210. The summed E-state index contributed by atoms with van der Waals surface area (Å²) in [7, 11) is 0. The van der Waals surface area contributed by atoms with Crippen LogP contribution in [-0.4, -0.2) is 54.6 Å². The van der Waals surface area contributed by atoms with Gasteiger partial charge in [-0.1, -0.05) is 60.7 Å². The molecule has 7 heteroatoms. The van der Waals surface area contributed by atoms with Crippen molar-refractivity contribution in [3.8, 4) is 0 Å². The molecule has 2 N–H and O–H groups in total. The van der Waals surface area contributed by atoms with E-state index in [2.05, 4.69) is 17.0 Å². The number of morpholine rings is 1. The molecule has 3 rings (SSSR count). The second-order valence-electron chi connectivity index (χ2n) is 6.97. The molecule has 0 saturated carbocycles. The van der Waals surface area contributed by atoms with Crippen LogP contribution in [0.3, 0.4) is 0 Å². The molecule has 2 aromatic rings. The predicted molar refractivity (Wildman–Crippen MR) is 121 cm³/mol. The third-order valence-electron chi connectivity index (χ3n) is 4.84. The SMILES string of the molecule is Cl.Cl.NCCCN(Cc1ccccc1)C(=O)C1CN(Cc2ccccc2)CCO1. The fraction of sp³-hybridized carbons (Fsp3) is 0.409. The van der Waals surface area contributed by atoms with E-state index in [9.17, 15) is 4.79 Å². The van der Waals surface area contributed by atoms with Gasteiger partial charge in [0.05, 0.1) is 6.61 Å². The Labute approximate surface area is 186 Å². The number of nitrogens with zero attached hydrogens (tertiary/aromatic N) is 2. The van der Waals surface area contributed by atoms with Crippen molar-refractivity contribution in [2.45, 2.75) is 25.6 Å². The molecule has 1 amide bonds. The van der Waals surface area contributed by atoms with Gasteiger partial charge in [-0.15, -0.1) is 24.8 Å². The van der Waals surface area contributed by atoms with Crippen molar-refractivity contribution in [1.29, 1.82) is 0 Å². The summed E-state index contributed by atoms with van der Waals surface area (Å²) in [5.41, 5.74) is 8.06. The topological polar surface area (TPSA) is 58.8 Å². The average Bonchev–Trinajstić information content (AvgIpc) is 2.72. The molecule has 1 saturated heterocycles. The van der Waals surface area contributed by atoms with Gasteiger partial charge in [0, 0.05) is 32.7 Å². The third-order valence-corrected chi connectivity index (χ3v) is 4.84. The summed E-state index contributed by atoms with van der Waals surface area (Å²) < 4.78 is 5.84. The van der Waals surface area contributed by atoms with E-state index in [1.54, 1.807) is 0 Å². The fourth-order valence-corrected chi connectivity index (χ4v) is 3.39. The van der Waals surface area contributed by atoms with Crippen molar-refractivity contribution in [2.24, 2.45) is 5.73 Å². The number of rotatable bonds is 8. The molecule has 0 aliphatic carbocycles. The highest BCUT2D eigenvalue weighted by molar-refractivity contribution is 5.85. The van der Waals surface area contributed by atoms with E-state index >= 15 is 0 Å². The number of nitrogens with two attached hydrogens (primary N) is 1. The lowest BCUT2D eigenvalue weighted by molar-refractivity contribution is -0.150. The molecule has 160 valence electrons. The van der Waals surface area contributed by atoms with Crippen molar-refractivity contribution in [1.82, 2.24) is 9.80 Å². The number of hydrogen-bond donors (Lipinski definition) is 1. The van der Waals surface area contributed by atoms with Crippen molar-refractivity contribution >= 4 is 30.7 Å². The quantitative estimate of drug-likeness (QED) is 0.686. The predicted octanol–water partition coefficient (Wildman–Crippen LogP) is 3.11. The number of benzene rings is 2. The maximum Gasteiger partial charge on any atom is 0.253 e. The molecule has 1 aliphatic heterocycles. The number of carbonyl (C=O) groups excluding carboxylic acids is 1. The van der Waals surface area contributed by atoms with Crippen molar-refractivity contribution in [3.05, 3.63) is 71.8 Å². The fourth-order valence-electron chi connectivity index (χ4n) is 3.39. The lowest BCUT2D eigenvalue weighted by Crippen LogP contribution is -2.50. The molecule has 2 aromatic carbocycles. The molecule has 1 fully saturated rings. The largest absolute Gasteiger partial charge is 0.366 e. The summed E-state index contributed by atoms with van der Waals surface area (Å²) in [5.74, 6) is 0.0602. The maximum absolute atomic E-state index is 13.1. The van der Waals surface area contributed by atoms with Crippen LogP contribution in [0.2, 0.25) is 0 Å². The third kappa shape index (κ3) is 7.96. The molecule has 1 aliphatic rings. The lowest BCUT2D eigenvalue weighted by Gasteiger charge is -2.35. The minimum Gasteiger partial charge on any atom is -0.366 e. The maximum atomic E-state index is 13.1. The molecule has 0 aromatic heterocycles. The number of ether oxygens (including phenoxy) is 1. The van der Waals surface area contributed by atoms with E-state index in [-0.39, 0.29) is 30.7 Å². The highest BCUT2D eigenvalue weighted by Gasteiger charge is 2.30. The van der Waals surface area contributed by atoms with Gasteiger partial charge in [0.2, 0.25) is 0 Å². The molecule has 1 atom stereocenters. The highest BCUT2D eigenvalue weighted by Crippen LogP contribution is 2.14. The lowest BCUT2D eigenvalue weighted by atomic mass is 10.1. The minimum atomic E-state index is -0.413. The summed E-state index contributed by atoms with van der Waals surface area (Å²) in [6, 6.07) is 20.4. The smallest absolute Gasteiger partial charge is 0.253 e. The molecule has 0 bridgehead atoms. The Hall–Kier alpha value is -1.63. The zero-order chi connectivity index (χ0) is 18.9. The Bertz CT molecular complexity index is 704. The number of carbonyl (C=O) groups is 1. The second-order valence-corrected chi connectivity index (χ2v) is 6.97. The van der Waals surface area contributed by atoms with Gasteiger partial charge in [-0.05, 0) is 24.1 Å². The van der Waals surface area contributed by atoms with Crippen LogP contribution >= 0.6 is 24.8 Å². The molecule has 5 nitrogen and oxygen atoms in total. The van der Waals surface area contributed by atoms with E-state index in [0.717, 1.165) is 25.1 Å². The van der Waals surface area contributed by atoms with Gasteiger partial charge in [-0.2, -0.15) is 0 Å². The van der Waals surface area contributed by atoms with E-state index in [1.807, 2.05) is 53.4 Å². The van der Waals surface area contributed by atoms with Crippen LogP contribution in [0, 0.1) is 0 Å². The first-order valence-electron chi connectivity index (χ1n) is 9.67. The summed E-state index contributed by atoms with van der Waals surface area (Å²) in [6.45, 7) is 4.72. The first kappa shape index (κ1) is 25.4. The standard InChI is InChI=1S/C22H29N3O2.2ClH/c23-12-7-13-25(17-20-10-5-2-6-11-20)22(26)21-18-24(14-15-27-21)16-19-8-3-1-4-9-19;;/h1-6,8-11,21H,7,12-18,23H2;2*1H. The molecule has 0 radical (unpaired) electrons. The Morgan fingerprint density at radius 1 is 1.03 bits per heavy atom. The summed E-state index contributed by atoms with van der Waals surface area (Å²) in [4.78, 5) is 17.3. The Morgan fingerprint density at radius 3 is 2.28 bits per heavy atom. The first-order valence-corrected chi connectivity index (χ1v) is 9.67. The van der Waals surface area contributed by atoms with Crippen molar-refractivity contribution in [2.75, 3.05) is 32.8 Å². The van der Waals surface area contributed by atoms with Crippen LogP contribution in [0.15, 0.2) is 60.7 Å². The molecule has 29 heavy (non-hydrogen) atoms. The molecule has 1 heterocycles. The highest BCUT2D eigenvalue weighted by atomic mass is 35.5. The molecular formula is C22H31Cl2N3O2. The van der Waals surface area contributed by atoms with Gasteiger partial charge in [0.15, 0.2) is 0 Å². The van der Waals surface area contributed by atoms with Crippen LogP contribution < -0.4 is 5.73 Å². The monoisotopic (exact) mass is 439 g/mol. The minimum absolute atomic E-state index is 0. The van der Waals surface area contributed by atoms with Crippen LogP contribution in [0.5, 0.6) is 0 Å². The van der Waals surface area contributed by atoms with Gasteiger partial charge in [-0.3, -0.25) is 9.69 Å². The van der Waals surface area contributed by atoms with Gasteiger partial charge in [0.1, 0.15) is 6.10 Å². The number of amides is 1. The first-order chi connectivity index (χ1) is 13.3. The molecular weight excluding hydrogens is 409 g/mol. The number of halogens is 2. The Morgan fingerprint density at radius 2 is 1.66 bits per heavy atom. The summed E-state index contributed by atoms with van der Waals surface area (Å²) >= 11 is 0. The zero-order valence-electron chi connectivity index (χ0n) is 16.6. The van der Waals surface area contributed by atoms with Gasteiger partial charge in [0.25, 0.3) is 5.91 Å². The van der Waals surface area contributed by atoms with Crippen LogP contribution in [0.1, 0.15) is 17.5 Å². The number of hydrogen-bond acceptors (Lipinski definition) is 4. The van der Waals surface area contributed by atoms with Gasteiger partial charge < -0.3 is 15.4 Å². The van der Waals surface area contributed by atoms with E-state index < -0.39 is 6.10 Å². The van der Waals surface area contributed by atoms with E-state index in [0.29, 0.717) is 32.8 Å². The zero-order valence-corrected chi connectivity index (χ0v) is 18.2. The molecule has 0 spiro atoms. The average molecular weight is 440 g/mol. The second kappa shape index (κ2) is 13.6. The van der Waals surface area contributed by atoms with Crippen LogP contribution in [0.25, 0.3) is 0 Å². The summed E-state index contributed by atoms with van der Waals surface area (Å²) in [6.07, 6.45) is 0.378. The Kier molecular flexibility index (Phi) is 11.9. The van der Waals surface area contributed by atoms with Crippen LogP contribution in [0.4, 0.5) is 0 Å². The normalized spacial score (nSPS) is 16.4. The van der Waals surface area contributed by atoms with Gasteiger partial charge in [-0.25, -0.2) is 0 Å². The van der Waals surface area contributed by atoms with Crippen molar-refractivity contribution < 1.29 is 9.53 Å². The molecule has 1 unspecified atom stereocenters. The van der Waals surface area contributed by atoms with E-state index in [4.69, 9.17) is 10.5 Å². The van der Waals surface area contributed by atoms with Gasteiger partial charge >= 0.3 is 0 Å². The van der Waals surface area contributed by atoms with Crippen LogP contribution in [-0.2, 0) is 22.6 Å². The van der Waals surface area contributed by atoms with Crippen molar-refractivity contribution in [3.63, 3.8) is 0 Å². The summed E-state index contributed by atoms with van der Waals surface area (Å²) in [5, 5.41) is 0.